The van der Waals surface area contributed by atoms with E-state index in [1.165, 1.54) is 33.7 Å². The molecule has 9 rings (SSSR count). The Morgan fingerprint density at radius 3 is 2.48 bits per heavy atom. The van der Waals surface area contributed by atoms with Gasteiger partial charge in [0.15, 0.2) is 0 Å². The van der Waals surface area contributed by atoms with Gasteiger partial charge >= 0.3 is 0 Å². The number of aromatic nitrogens is 4. The number of pyridine rings is 1. The fraction of sp³-hybridized carbons (Fsp3) is 0.383. The molecule has 6 aromatic rings. The third-order valence-electron chi connectivity index (χ3n) is 13.1. The second kappa shape index (κ2) is 18.0. The molecule has 16 nitrogen and oxygen atoms in total. The second-order valence-corrected chi connectivity index (χ2v) is 20.3. The highest BCUT2D eigenvalue weighted by molar-refractivity contribution is 7.90. The molecule has 1 aliphatic carbocycles. The second-order valence-electron chi connectivity index (χ2n) is 18.2. The molecule has 1 amide bonds. The first kappa shape index (κ1) is 45.2. The van der Waals surface area contributed by atoms with Crippen molar-refractivity contribution < 1.29 is 32.4 Å². The van der Waals surface area contributed by atoms with Crippen LogP contribution in [0.25, 0.3) is 33.3 Å². The van der Waals surface area contributed by atoms with Gasteiger partial charge in [-0.15, -0.1) is 0 Å². The first-order chi connectivity index (χ1) is 31.6. The molecule has 346 valence electrons. The van der Waals surface area contributed by atoms with Gasteiger partial charge < -0.3 is 24.6 Å². The topological polar surface area (TPSA) is 190 Å². The molecule has 3 aliphatic rings. The highest BCUT2D eigenvalue weighted by atomic mass is 35.5. The highest BCUT2D eigenvalue weighted by Gasteiger charge is 2.34. The summed E-state index contributed by atoms with van der Waals surface area (Å²) in [5, 5.41) is 30.9. The lowest BCUT2D eigenvalue weighted by atomic mass is 9.72. The van der Waals surface area contributed by atoms with Crippen LogP contribution in [0.4, 0.5) is 21.5 Å². The number of carbonyl (C=O) groups is 1. The number of hydrogen-bond donors (Lipinski definition) is 3. The number of nitrogens with one attached hydrogen (secondary N) is 2. The molecule has 5 heterocycles. The number of rotatable bonds is 13. The van der Waals surface area contributed by atoms with Gasteiger partial charge in [-0.3, -0.25) is 19.8 Å². The van der Waals surface area contributed by atoms with E-state index in [0.717, 1.165) is 56.7 Å². The number of carbonyl (C=O) groups excluding carboxylic acids is 1. The van der Waals surface area contributed by atoms with Crippen LogP contribution in [-0.4, -0.2) is 107 Å². The van der Waals surface area contributed by atoms with E-state index >= 15 is 4.39 Å². The van der Waals surface area contributed by atoms with Crippen LogP contribution in [0.3, 0.4) is 0 Å². The summed E-state index contributed by atoms with van der Waals surface area (Å²) >= 11 is 6.25. The number of nitrogens with zero attached hydrogens (tertiary/aromatic N) is 7. The summed E-state index contributed by atoms with van der Waals surface area (Å²) in [4.78, 5) is 34.5. The van der Waals surface area contributed by atoms with Crippen LogP contribution >= 0.6 is 11.6 Å². The van der Waals surface area contributed by atoms with E-state index in [9.17, 15) is 28.4 Å². The third kappa shape index (κ3) is 9.37. The predicted octanol–water partition coefficient (Wildman–Crippen LogP) is 7.72. The predicted molar refractivity (Wildman–Crippen MR) is 251 cm³/mol. The molecular weight excluding hydrogens is 889 g/mol. The van der Waals surface area contributed by atoms with Crippen molar-refractivity contribution in [3.63, 3.8) is 0 Å². The average molecular weight is 940 g/mol. The van der Waals surface area contributed by atoms with Gasteiger partial charge in [0.2, 0.25) is 0 Å². The Balaban J connectivity index is 0.992. The molecule has 66 heavy (non-hydrogen) atoms. The standard InChI is InChI=1S/C47H51ClFN9O7S/c1-46(2)13-11-33(38(26-46)31-3-5-34(48)6-4-31)28-54-17-19-55(20-18-54)35-7-9-37(41(24-35)57-42-23-32-12-16-56(30-59)44(32)52-40(42)27-51-57)45(60)53-66(63,64)36-8-10-39(43(25-36)58(61)62)50-29-47(49)14-21-65-22-15-47/h3-10,12,16,23-25,27,50,59H,11,13-15,17-22,26,28-30H2,1-2H3,(H,53,60). The molecule has 0 unspecified atom stereocenters. The molecule has 3 aromatic heterocycles. The van der Waals surface area contributed by atoms with Crippen molar-refractivity contribution in [2.24, 2.45) is 5.41 Å². The number of nitro benzene ring substituents is 1. The molecule has 19 heteroatoms. The maximum absolute atomic E-state index is 15.3. The van der Waals surface area contributed by atoms with E-state index in [1.54, 1.807) is 35.0 Å². The molecule has 0 bridgehead atoms. The average Bonchev–Trinajstić information content (AvgIpc) is 3.91. The zero-order valence-corrected chi connectivity index (χ0v) is 38.2. The smallest absolute Gasteiger partial charge is 0.293 e. The molecule has 3 aromatic carbocycles. The number of halogens is 2. The molecular formula is C47H51ClFN9O7S. The van der Waals surface area contributed by atoms with Crippen molar-refractivity contribution in [2.45, 2.75) is 63.2 Å². The number of fused-ring (bicyclic) bond motifs is 2. The maximum Gasteiger partial charge on any atom is 0.293 e. The van der Waals surface area contributed by atoms with Gasteiger partial charge in [0.05, 0.1) is 32.8 Å². The number of aliphatic hydroxyl groups excluding tert-OH is 1. The van der Waals surface area contributed by atoms with Crippen LogP contribution in [-0.2, 0) is 21.5 Å². The quantitative estimate of drug-likeness (QED) is 0.0756. The lowest BCUT2D eigenvalue weighted by Crippen LogP contribution is -2.47. The van der Waals surface area contributed by atoms with Crippen molar-refractivity contribution in [2.75, 3.05) is 62.7 Å². The third-order valence-corrected chi connectivity index (χ3v) is 14.7. The van der Waals surface area contributed by atoms with Crippen LogP contribution < -0.4 is 14.9 Å². The summed E-state index contributed by atoms with van der Waals surface area (Å²) in [6, 6.07) is 20.1. The van der Waals surface area contributed by atoms with E-state index in [-0.39, 0.29) is 61.7 Å². The molecule has 0 saturated carbocycles. The van der Waals surface area contributed by atoms with Crippen molar-refractivity contribution in [1.29, 1.82) is 0 Å². The van der Waals surface area contributed by atoms with E-state index in [4.69, 9.17) is 21.3 Å². The van der Waals surface area contributed by atoms with Crippen LogP contribution in [0.2, 0.25) is 5.02 Å². The molecule has 0 radical (unpaired) electrons. The van der Waals surface area contributed by atoms with Crippen molar-refractivity contribution >= 4 is 72.2 Å². The summed E-state index contributed by atoms with van der Waals surface area (Å²) in [6.45, 7) is 8.39. The lowest BCUT2D eigenvalue weighted by molar-refractivity contribution is -0.384. The van der Waals surface area contributed by atoms with Crippen LogP contribution in [0.1, 0.15) is 61.9 Å². The van der Waals surface area contributed by atoms with Gasteiger partial charge in [-0.25, -0.2) is 27.2 Å². The zero-order chi connectivity index (χ0) is 46.4. The number of allylic oxidation sites excluding steroid dienone is 1. The molecule has 2 aliphatic heterocycles. The molecule has 0 atom stereocenters. The largest absolute Gasteiger partial charge is 0.381 e. The number of amides is 1. The van der Waals surface area contributed by atoms with Crippen LogP contribution in [0.5, 0.6) is 0 Å². The molecule has 0 spiro atoms. The van der Waals surface area contributed by atoms with E-state index in [2.05, 4.69) is 50.9 Å². The minimum atomic E-state index is -4.68. The zero-order valence-electron chi connectivity index (χ0n) is 36.7. The van der Waals surface area contributed by atoms with Crippen molar-refractivity contribution in [3.05, 3.63) is 117 Å². The number of benzene rings is 3. The van der Waals surface area contributed by atoms with Gasteiger partial charge in [-0.05, 0) is 90.4 Å². The molecule has 3 N–H and O–H groups in total. The van der Waals surface area contributed by atoms with Gasteiger partial charge in [0, 0.05) is 93.7 Å². The fourth-order valence-corrected chi connectivity index (χ4v) is 10.3. The first-order valence-electron chi connectivity index (χ1n) is 22.0. The highest BCUT2D eigenvalue weighted by Crippen LogP contribution is 2.43. The van der Waals surface area contributed by atoms with Gasteiger partial charge in [0.25, 0.3) is 21.6 Å². The monoisotopic (exact) mass is 939 g/mol. The Morgan fingerprint density at radius 1 is 1.00 bits per heavy atom. The number of ether oxygens (including phenoxy) is 1. The van der Waals surface area contributed by atoms with E-state index < -0.39 is 37.1 Å². The maximum atomic E-state index is 15.3. The molecule has 2 saturated heterocycles. The van der Waals surface area contributed by atoms with Crippen LogP contribution in [0.15, 0.2) is 95.7 Å². The lowest BCUT2D eigenvalue weighted by Gasteiger charge is -2.39. The van der Waals surface area contributed by atoms with Crippen molar-refractivity contribution in [1.82, 2.24) is 29.0 Å². The Morgan fingerprint density at radius 2 is 1.76 bits per heavy atom. The SMILES string of the molecule is CC1(C)CCC(CN2CCN(c3ccc(C(=O)NS(=O)(=O)c4ccc(NCC5(F)CCOCC5)c([N+](=O)[O-])c4)c(-n4ncc5nc6c(ccn6CO)cc54)c3)CC2)=C(c2ccc(Cl)cc2)C1. The Hall–Kier alpha value is -5.92. The molecule has 2 fully saturated rings. The normalized spacial score (nSPS) is 17.9. The van der Waals surface area contributed by atoms with E-state index in [1.807, 2.05) is 18.2 Å². The number of piperazine rings is 1. The number of alkyl halides is 1. The summed E-state index contributed by atoms with van der Waals surface area (Å²) in [5.74, 6) is -0.991. The number of aliphatic hydroxyl groups is 1. The van der Waals surface area contributed by atoms with Gasteiger partial charge in [-0.1, -0.05) is 43.2 Å². The van der Waals surface area contributed by atoms with Crippen LogP contribution in [0, 0.1) is 15.5 Å². The minimum Gasteiger partial charge on any atom is -0.381 e. The number of nitro groups is 1. The van der Waals surface area contributed by atoms with Gasteiger partial charge in [0.1, 0.15) is 29.3 Å². The summed E-state index contributed by atoms with van der Waals surface area (Å²) in [6.07, 6.45) is 6.60. The Kier molecular flexibility index (Phi) is 12.4. The van der Waals surface area contributed by atoms with E-state index in [0.29, 0.717) is 40.2 Å². The number of sulfonamides is 1. The Labute approximate surface area is 386 Å². The Bertz CT molecular complexity index is 2980. The first-order valence-corrected chi connectivity index (χ1v) is 23.8. The number of anilines is 2. The summed E-state index contributed by atoms with van der Waals surface area (Å²) < 4.78 is 53.5. The fourth-order valence-electron chi connectivity index (χ4n) is 9.23. The number of hydrogen-bond acceptors (Lipinski definition) is 12. The van der Waals surface area contributed by atoms with Crippen molar-refractivity contribution in [3.8, 4) is 5.69 Å². The summed E-state index contributed by atoms with van der Waals surface area (Å²) in [5.41, 5.74) is 4.54. The van der Waals surface area contributed by atoms with Gasteiger partial charge in [-0.2, -0.15) is 5.10 Å². The summed E-state index contributed by atoms with van der Waals surface area (Å²) in [7, 11) is -4.68. The minimum absolute atomic E-state index is 0.0293.